The number of carbonyl (C=O) groups is 2. The fourth-order valence-corrected chi connectivity index (χ4v) is 5.56. The van der Waals surface area contributed by atoms with Crippen LogP contribution < -0.4 is 9.54 Å². The van der Waals surface area contributed by atoms with E-state index in [1.807, 2.05) is 0 Å². The molecule has 0 unspecified atom stereocenters. The maximum atomic E-state index is 12.5. The molecule has 2 aromatic carbocycles. The molecule has 0 N–H and O–H groups in total. The number of sulfone groups is 1. The summed E-state index contributed by atoms with van der Waals surface area (Å²) < 4.78 is 37.0. The van der Waals surface area contributed by atoms with Crippen LogP contribution in [0, 0.1) is 10.1 Å². The number of aromatic nitrogens is 1. The Labute approximate surface area is 204 Å². The highest BCUT2D eigenvalue weighted by atomic mass is 32.2. The average molecular weight is 522 g/mol. The van der Waals surface area contributed by atoms with Gasteiger partial charge in [-0.1, -0.05) is 11.3 Å². The molecule has 0 fully saturated rings. The molecule has 3 rings (SSSR count). The Morgan fingerprint density at radius 2 is 1.89 bits per heavy atom. The van der Waals surface area contributed by atoms with E-state index in [0.29, 0.717) is 16.0 Å². The number of hydrogen-bond acceptors (Lipinski definition) is 9. The lowest BCUT2D eigenvalue weighted by Gasteiger charge is -2.06. The second-order valence-electron chi connectivity index (χ2n) is 7.29. The summed E-state index contributed by atoms with van der Waals surface area (Å²) in [6.07, 6.45) is -0.0892. The molecule has 13 heteroatoms. The molecule has 1 heterocycles. The molecular formula is C22H23N3O8S2. The molecule has 0 aliphatic carbocycles. The number of esters is 1. The first kappa shape index (κ1) is 26.0. The van der Waals surface area contributed by atoms with E-state index in [1.165, 1.54) is 42.0 Å². The van der Waals surface area contributed by atoms with Gasteiger partial charge in [-0.2, -0.15) is 4.99 Å². The zero-order chi connectivity index (χ0) is 25.6. The molecule has 1 amide bonds. The lowest BCUT2D eigenvalue weighted by molar-refractivity contribution is -0.384. The molecule has 0 bridgehead atoms. The summed E-state index contributed by atoms with van der Waals surface area (Å²) in [6, 6.07) is 10.1. The minimum atomic E-state index is -3.59. The number of non-ortho nitro benzene ring substituents is 1. The molecule has 0 radical (unpaired) electrons. The van der Waals surface area contributed by atoms with Gasteiger partial charge in [0.1, 0.15) is 12.3 Å². The van der Waals surface area contributed by atoms with Crippen molar-refractivity contribution in [1.82, 2.24) is 4.57 Å². The Morgan fingerprint density at radius 1 is 1.17 bits per heavy atom. The third-order valence-electron chi connectivity index (χ3n) is 4.91. The Kier molecular flexibility index (Phi) is 8.35. The molecule has 186 valence electrons. The number of amides is 1. The average Bonchev–Trinajstić information content (AvgIpc) is 3.14. The first-order chi connectivity index (χ1) is 16.6. The van der Waals surface area contributed by atoms with Crippen LogP contribution in [0.25, 0.3) is 10.2 Å². The van der Waals surface area contributed by atoms with E-state index in [1.54, 1.807) is 19.1 Å². The number of hydrogen-bond donors (Lipinski definition) is 0. The summed E-state index contributed by atoms with van der Waals surface area (Å²) in [5.74, 6) is -0.878. The molecule has 0 saturated carbocycles. The zero-order valence-electron chi connectivity index (χ0n) is 19.0. The van der Waals surface area contributed by atoms with Gasteiger partial charge >= 0.3 is 5.97 Å². The number of benzene rings is 2. The van der Waals surface area contributed by atoms with Crippen molar-refractivity contribution >= 4 is 49.0 Å². The van der Waals surface area contributed by atoms with Gasteiger partial charge in [-0.25, -0.2) is 8.42 Å². The van der Waals surface area contributed by atoms with Crippen LogP contribution in [0.2, 0.25) is 0 Å². The minimum absolute atomic E-state index is 0.0466. The molecule has 11 nitrogen and oxygen atoms in total. The number of carbonyl (C=O) groups excluding carboxylic acids is 2. The Hall–Kier alpha value is -3.58. The van der Waals surface area contributed by atoms with Crippen LogP contribution in [0.4, 0.5) is 5.69 Å². The van der Waals surface area contributed by atoms with E-state index >= 15 is 0 Å². The number of nitro groups is 1. The highest BCUT2D eigenvalue weighted by molar-refractivity contribution is 7.91. The molecule has 0 saturated heterocycles. The SMILES string of the molecule is CCOC(=O)Cn1c(=NC(=O)CCCS(=O)(=O)c2ccc(OC)cc2)sc2ccc([N+](=O)[O-])cc21. The summed E-state index contributed by atoms with van der Waals surface area (Å²) in [4.78, 5) is 39.6. The second-order valence-corrected chi connectivity index (χ2v) is 10.4. The standard InChI is InChI=1S/C22H23N3O8S2/c1-3-33-21(27)14-24-18-13-15(25(28)29)6-11-19(18)34-22(24)23-20(26)5-4-12-35(30,31)17-9-7-16(32-2)8-10-17/h6-11,13H,3-5,12,14H2,1-2H3. The monoisotopic (exact) mass is 521 g/mol. The molecule has 3 aromatic rings. The number of nitrogens with zero attached hydrogens (tertiary/aromatic N) is 3. The lowest BCUT2D eigenvalue weighted by Crippen LogP contribution is -2.23. The zero-order valence-corrected chi connectivity index (χ0v) is 20.6. The van der Waals surface area contributed by atoms with Gasteiger partial charge in [0.25, 0.3) is 5.69 Å². The molecule has 0 spiro atoms. The molecule has 1 aromatic heterocycles. The Bertz CT molecular complexity index is 1420. The van der Waals surface area contributed by atoms with Crippen LogP contribution in [0.5, 0.6) is 5.75 Å². The van der Waals surface area contributed by atoms with Gasteiger partial charge in [0.2, 0.25) is 5.91 Å². The van der Waals surface area contributed by atoms with E-state index in [2.05, 4.69) is 4.99 Å². The van der Waals surface area contributed by atoms with Gasteiger partial charge in [-0.05, 0) is 43.7 Å². The van der Waals surface area contributed by atoms with Gasteiger partial charge in [0.05, 0.1) is 39.5 Å². The Balaban J connectivity index is 1.81. The lowest BCUT2D eigenvalue weighted by atomic mass is 10.3. The number of methoxy groups -OCH3 is 1. The third-order valence-corrected chi connectivity index (χ3v) is 7.79. The van der Waals surface area contributed by atoms with E-state index in [0.717, 1.165) is 11.3 Å². The van der Waals surface area contributed by atoms with Crippen molar-refractivity contribution in [2.24, 2.45) is 4.99 Å². The van der Waals surface area contributed by atoms with E-state index in [4.69, 9.17) is 9.47 Å². The molecule has 35 heavy (non-hydrogen) atoms. The predicted molar refractivity (Wildman–Crippen MR) is 128 cm³/mol. The minimum Gasteiger partial charge on any atom is -0.497 e. The first-order valence-electron chi connectivity index (χ1n) is 10.5. The number of nitro benzene ring substituents is 1. The van der Waals surface area contributed by atoms with Crippen LogP contribution >= 0.6 is 11.3 Å². The third kappa shape index (κ3) is 6.51. The summed E-state index contributed by atoms with van der Waals surface area (Å²) >= 11 is 1.09. The van der Waals surface area contributed by atoms with Gasteiger partial charge in [0, 0.05) is 18.6 Å². The maximum absolute atomic E-state index is 12.5. The smallest absolute Gasteiger partial charge is 0.326 e. The first-order valence-corrected chi connectivity index (χ1v) is 13.0. The normalized spacial score (nSPS) is 12.0. The predicted octanol–water partition coefficient (Wildman–Crippen LogP) is 2.86. The van der Waals surface area contributed by atoms with Crippen LogP contribution in [0.1, 0.15) is 19.8 Å². The Morgan fingerprint density at radius 3 is 2.51 bits per heavy atom. The number of thiazole rings is 1. The molecule has 0 aliphatic rings. The largest absolute Gasteiger partial charge is 0.497 e. The number of fused-ring (bicyclic) bond motifs is 1. The van der Waals surface area contributed by atoms with Crippen molar-refractivity contribution in [2.75, 3.05) is 19.5 Å². The number of ether oxygens (including phenoxy) is 2. The van der Waals surface area contributed by atoms with Crippen LogP contribution in [0.15, 0.2) is 52.4 Å². The highest BCUT2D eigenvalue weighted by Crippen LogP contribution is 2.23. The van der Waals surface area contributed by atoms with E-state index in [-0.39, 0.29) is 47.1 Å². The van der Waals surface area contributed by atoms with Crippen molar-refractivity contribution in [3.63, 3.8) is 0 Å². The van der Waals surface area contributed by atoms with Gasteiger partial charge in [-0.15, -0.1) is 0 Å². The van der Waals surface area contributed by atoms with Crippen LogP contribution in [-0.4, -0.2) is 49.3 Å². The summed E-state index contributed by atoms with van der Waals surface area (Å²) in [7, 11) is -2.12. The van der Waals surface area contributed by atoms with Crippen molar-refractivity contribution in [2.45, 2.75) is 31.2 Å². The second kappa shape index (κ2) is 11.2. The maximum Gasteiger partial charge on any atom is 0.326 e. The molecule has 0 aliphatic heterocycles. The quantitative estimate of drug-likeness (QED) is 0.225. The van der Waals surface area contributed by atoms with Crippen LogP contribution in [0.3, 0.4) is 0 Å². The van der Waals surface area contributed by atoms with Gasteiger partial charge < -0.3 is 14.0 Å². The van der Waals surface area contributed by atoms with Gasteiger partial charge in [-0.3, -0.25) is 19.7 Å². The van der Waals surface area contributed by atoms with Crippen molar-refractivity contribution in [3.05, 3.63) is 57.4 Å². The molecular weight excluding hydrogens is 498 g/mol. The summed E-state index contributed by atoms with van der Waals surface area (Å²) in [6.45, 7) is 1.51. The number of rotatable bonds is 10. The molecule has 0 atom stereocenters. The van der Waals surface area contributed by atoms with Gasteiger partial charge in [0.15, 0.2) is 14.6 Å². The fourth-order valence-electron chi connectivity index (χ4n) is 3.22. The van der Waals surface area contributed by atoms with E-state index in [9.17, 15) is 28.1 Å². The van der Waals surface area contributed by atoms with Crippen LogP contribution in [-0.2, 0) is 30.7 Å². The topological polar surface area (TPSA) is 147 Å². The van der Waals surface area contributed by atoms with E-state index < -0.39 is 26.6 Å². The van der Waals surface area contributed by atoms with Crippen molar-refractivity contribution in [3.8, 4) is 5.75 Å². The van der Waals surface area contributed by atoms with Crippen molar-refractivity contribution < 1.29 is 32.4 Å². The van der Waals surface area contributed by atoms with Crippen molar-refractivity contribution in [1.29, 1.82) is 0 Å². The fraction of sp³-hybridized carbons (Fsp3) is 0.318. The highest BCUT2D eigenvalue weighted by Gasteiger charge is 2.17. The summed E-state index contributed by atoms with van der Waals surface area (Å²) in [5, 5.41) is 11.2. The summed E-state index contributed by atoms with van der Waals surface area (Å²) in [5.41, 5.74) is 0.195.